The Bertz CT molecular complexity index is 1550. The third-order valence-corrected chi connectivity index (χ3v) is 7.66. The summed E-state index contributed by atoms with van der Waals surface area (Å²) in [7, 11) is 0. The van der Waals surface area contributed by atoms with Crippen molar-refractivity contribution < 1.29 is 196 Å². The normalized spacial score (nSPS) is 16.5. The van der Waals surface area contributed by atoms with Crippen LogP contribution in [0.5, 0.6) is 0 Å². The van der Waals surface area contributed by atoms with Crippen LogP contribution in [0.3, 0.4) is 0 Å². The lowest BCUT2D eigenvalue weighted by Crippen LogP contribution is -2.63. The Kier molecular flexibility index (Phi) is 25.0. The third-order valence-electron chi connectivity index (χ3n) is 7.66. The molecule has 0 heterocycles. The first kappa shape index (κ1) is 71.4. The fourth-order valence-electron chi connectivity index (χ4n) is 3.88. The summed E-state index contributed by atoms with van der Waals surface area (Å²) in [5, 5.41) is 44.9. The average molecular weight is 1180 g/mol. The van der Waals surface area contributed by atoms with Crippen molar-refractivity contribution in [2.75, 3.05) is 92.5 Å². The van der Waals surface area contributed by atoms with Crippen molar-refractivity contribution in [2.45, 2.75) is 103 Å². The fraction of sp³-hybridized carbons (Fsp3) is 1.00. The lowest BCUT2D eigenvalue weighted by molar-refractivity contribution is -0.535. The van der Waals surface area contributed by atoms with Crippen LogP contribution in [0, 0.1) is 0 Å². The Labute approximate surface area is 391 Å². The number of halogens is 28. The van der Waals surface area contributed by atoms with Gasteiger partial charge in [-0.2, -0.15) is 123 Å². The number of alkyl halides is 28. The fourth-order valence-corrected chi connectivity index (χ4v) is 3.88. The molecule has 0 saturated carbocycles. The molecule has 2 unspecified atom stereocenters. The van der Waals surface area contributed by atoms with E-state index in [0.717, 1.165) is 0 Å². The minimum absolute atomic E-state index is 0.504. The van der Waals surface area contributed by atoms with Gasteiger partial charge in [0.1, 0.15) is 44.7 Å². The largest absolute Gasteiger partial charge is 0.433 e. The summed E-state index contributed by atoms with van der Waals surface area (Å²) in [6, 6.07) is 0. The minimum Gasteiger partial charge on any atom is -0.394 e. The molecule has 0 radical (unpaired) electrons. The quantitative estimate of drug-likeness (QED) is 0.0367. The summed E-state index contributed by atoms with van der Waals surface area (Å²) < 4.78 is 419. The lowest BCUT2D eigenvalue weighted by atomic mass is 10.2. The minimum atomic E-state index is -8.09. The Morgan fingerprint density at radius 3 is 0.581 bits per heavy atom. The zero-order chi connectivity index (χ0) is 58.7. The lowest BCUT2D eigenvalue weighted by Gasteiger charge is -2.37. The van der Waals surface area contributed by atoms with Crippen LogP contribution in [0.1, 0.15) is 0 Å². The zero-order valence-corrected chi connectivity index (χ0v) is 35.5. The number of hydrogen-bond donors (Lipinski definition) is 5. The van der Waals surface area contributed by atoms with Crippen molar-refractivity contribution in [1.82, 2.24) is 0 Å². The van der Waals surface area contributed by atoms with E-state index in [1.165, 1.54) is 0 Å². The van der Waals surface area contributed by atoms with Gasteiger partial charge in [-0.1, -0.05) is 0 Å². The van der Waals surface area contributed by atoms with Gasteiger partial charge in [0.15, 0.2) is 0 Å². The van der Waals surface area contributed by atoms with Gasteiger partial charge in [-0.25, -0.2) is 18.9 Å². The third kappa shape index (κ3) is 18.8. The number of aliphatic hydroxyl groups excluding tert-OH is 5. The maximum atomic E-state index is 14.0. The van der Waals surface area contributed by atoms with E-state index in [2.05, 4.69) is 28.4 Å². The second kappa shape index (κ2) is 25.9. The summed E-state index contributed by atoms with van der Waals surface area (Å²) in [4.78, 5) is 0. The molecule has 0 spiro atoms. The first-order valence-corrected chi connectivity index (χ1v) is 18.7. The number of aliphatic hydroxyl groups is 5. The molecule has 0 rings (SSSR count). The molecule has 0 aliphatic carbocycles. The molecule has 74 heavy (non-hydrogen) atoms. The van der Waals surface area contributed by atoms with E-state index in [1.807, 2.05) is 0 Å². The van der Waals surface area contributed by atoms with Crippen LogP contribution in [0.2, 0.25) is 0 Å². The molecule has 43 heteroatoms. The van der Waals surface area contributed by atoms with Gasteiger partial charge in [-0.05, 0) is 0 Å². The van der Waals surface area contributed by atoms with Crippen molar-refractivity contribution in [3.8, 4) is 0 Å². The highest BCUT2D eigenvalue weighted by atomic mass is 19.4. The van der Waals surface area contributed by atoms with E-state index in [4.69, 9.17) is 10.2 Å². The van der Waals surface area contributed by atoms with Crippen molar-refractivity contribution in [2.24, 2.45) is 0 Å². The molecule has 446 valence electrons. The summed E-state index contributed by atoms with van der Waals surface area (Å²) in [5.41, 5.74) is 0. The standard InChI is InChI=1S/C31H36F28O15/c32-18(33,11-67-7-15(62)5-65-3-1-60)24(44,45)71-28(52,53)22(40,41)30(56,57)73-26(48,49)20(36,37)13-69-9-17(64)10-70-14-21(38,39)27(50,51)74-31(58,59)23(42,43)29(54,55)72-25(46,47)19(34,35)12-68-8-16(63)6-66-4-2-61/h15-17,60-64H,1-14H2. The van der Waals surface area contributed by atoms with Gasteiger partial charge in [0, 0.05) is 0 Å². The van der Waals surface area contributed by atoms with Gasteiger partial charge < -0.3 is 54.0 Å². The molecule has 0 saturated heterocycles. The number of ether oxygens (including phenoxy) is 10. The second-order valence-corrected chi connectivity index (χ2v) is 14.1. The van der Waals surface area contributed by atoms with Gasteiger partial charge >= 0.3 is 84.4 Å². The molecule has 5 N–H and O–H groups in total. The summed E-state index contributed by atoms with van der Waals surface area (Å²) in [6.45, 7) is -23.7. The molecular weight excluding hydrogens is 1140 g/mol. The van der Waals surface area contributed by atoms with Crippen molar-refractivity contribution in [3.63, 3.8) is 0 Å². The molecule has 15 nitrogen and oxygen atoms in total. The maximum Gasteiger partial charge on any atom is 0.433 e. The Hall–Kier alpha value is -2.56. The molecular formula is C31H36F28O15. The van der Waals surface area contributed by atoms with Crippen LogP contribution in [0.4, 0.5) is 123 Å². The number of hydrogen-bond acceptors (Lipinski definition) is 15. The molecule has 0 aliphatic rings. The van der Waals surface area contributed by atoms with Crippen LogP contribution in [-0.4, -0.2) is 221 Å². The first-order valence-electron chi connectivity index (χ1n) is 18.7. The highest BCUT2D eigenvalue weighted by molar-refractivity contribution is 4.93. The predicted molar refractivity (Wildman–Crippen MR) is 171 cm³/mol. The second-order valence-electron chi connectivity index (χ2n) is 14.1. The van der Waals surface area contributed by atoms with Crippen LogP contribution in [0.25, 0.3) is 0 Å². The molecule has 2 atom stereocenters. The Morgan fingerprint density at radius 1 is 0.257 bits per heavy atom. The van der Waals surface area contributed by atoms with Crippen molar-refractivity contribution in [1.29, 1.82) is 0 Å². The molecule has 0 amide bonds. The molecule has 0 aliphatic heterocycles. The Morgan fingerprint density at radius 2 is 0.419 bits per heavy atom. The van der Waals surface area contributed by atoms with E-state index < -0.39 is 195 Å². The van der Waals surface area contributed by atoms with Gasteiger partial charge in [-0.3, -0.25) is 0 Å². The monoisotopic (exact) mass is 1180 g/mol. The molecule has 0 bridgehead atoms. The number of rotatable bonds is 40. The molecule has 0 fully saturated rings. The Balaban J connectivity index is 5.65. The predicted octanol–water partition coefficient (Wildman–Crippen LogP) is 5.77. The van der Waals surface area contributed by atoms with E-state index in [-0.39, 0.29) is 0 Å². The van der Waals surface area contributed by atoms with Gasteiger partial charge in [0.2, 0.25) is 0 Å². The van der Waals surface area contributed by atoms with Gasteiger partial charge in [0.05, 0.1) is 66.1 Å². The van der Waals surface area contributed by atoms with E-state index in [9.17, 15) is 138 Å². The maximum absolute atomic E-state index is 14.0. The zero-order valence-electron chi connectivity index (χ0n) is 35.5. The highest BCUT2D eigenvalue weighted by Gasteiger charge is 2.83. The first-order chi connectivity index (χ1) is 32.8. The molecule has 0 aromatic heterocycles. The molecule has 0 aromatic rings. The van der Waals surface area contributed by atoms with Crippen molar-refractivity contribution >= 4 is 0 Å². The highest BCUT2D eigenvalue weighted by Crippen LogP contribution is 2.55. The molecule has 0 aromatic carbocycles. The van der Waals surface area contributed by atoms with Crippen LogP contribution < -0.4 is 0 Å². The van der Waals surface area contributed by atoms with E-state index >= 15 is 0 Å². The van der Waals surface area contributed by atoms with Crippen LogP contribution in [0.15, 0.2) is 0 Å². The summed E-state index contributed by atoms with van der Waals surface area (Å²) in [5.74, 6) is -41.9. The van der Waals surface area contributed by atoms with E-state index in [0.29, 0.717) is 0 Å². The van der Waals surface area contributed by atoms with Gasteiger partial charge in [0.25, 0.3) is 0 Å². The summed E-state index contributed by atoms with van der Waals surface area (Å²) >= 11 is 0. The van der Waals surface area contributed by atoms with Crippen molar-refractivity contribution in [3.05, 3.63) is 0 Å². The smallest absolute Gasteiger partial charge is 0.394 e. The average Bonchev–Trinajstić information content (AvgIpc) is 3.18. The topological polar surface area (TPSA) is 193 Å². The van der Waals surface area contributed by atoms with Gasteiger partial charge in [-0.15, -0.1) is 0 Å². The SMILES string of the molecule is OCCOCC(O)COCC(F)(F)C(F)(F)OC(F)(F)C(F)(F)C(F)(F)OC(F)(F)C(F)(F)COCC(O)COCC(F)(F)C(F)(F)OC(F)(F)C(F)(F)C(F)(F)OC(F)(F)C(F)(F)COCC(O)COCCO. The van der Waals surface area contributed by atoms with Crippen LogP contribution in [-0.2, 0) is 47.4 Å². The summed E-state index contributed by atoms with van der Waals surface area (Å²) in [6.07, 6.45) is -67.2. The van der Waals surface area contributed by atoms with Crippen LogP contribution >= 0.6 is 0 Å². The van der Waals surface area contributed by atoms with E-state index in [1.54, 1.807) is 18.9 Å².